The quantitative estimate of drug-likeness (QED) is 0.300. The lowest BCUT2D eigenvalue weighted by Crippen LogP contribution is -2.53. The lowest BCUT2D eigenvalue weighted by molar-refractivity contribution is -0.00809. The molecule has 1 unspecified atom stereocenters. The van der Waals surface area contributed by atoms with Crippen LogP contribution in [0.5, 0.6) is 0 Å². The molecule has 9 nitrogen and oxygen atoms in total. The summed E-state index contributed by atoms with van der Waals surface area (Å²) in [6, 6.07) is 0. The highest BCUT2D eigenvalue weighted by Crippen LogP contribution is 2.22. The monoisotopic (exact) mass is 564 g/mol. The van der Waals surface area contributed by atoms with Gasteiger partial charge >= 0.3 is 6.09 Å². The van der Waals surface area contributed by atoms with Crippen LogP contribution in [0.1, 0.15) is 66.1 Å². The van der Waals surface area contributed by atoms with E-state index in [-0.39, 0.29) is 30.1 Å². The molecule has 1 atom stereocenters. The Hall–Kier alpha value is -1.56. The first kappa shape index (κ1) is 28.5. The molecule has 1 aliphatic rings. The summed E-state index contributed by atoms with van der Waals surface area (Å²) in [5, 5.41) is 10.7. The third kappa shape index (κ3) is 8.42. The van der Waals surface area contributed by atoms with Crippen molar-refractivity contribution in [3.63, 3.8) is 0 Å². The maximum Gasteiger partial charge on any atom is 0.408 e. The van der Waals surface area contributed by atoms with E-state index in [2.05, 4.69) is 41.4 Å². The minimum absolute atomic E-state index is 0. The van der Waals surface area contributed by atoms with Crippen molar-refractivity contribution in [2.45, 2.75) is 71.6 Å². The Bertz CT molecular complexity index is 742. The summed E-state index contributed by atoms with van der Waals surface area (Å²) in [7, 11) is 1.91. The van der Waals surface area contributed by atoms with E-state index in [9.17, 15) is 4.79 Å². The Balaban J connectivity index is 0.00000512. The van der Waals surface area contributed by atoms with E-state index < -0.39 is 17.2 Å². The number of alkyl carbamates (subject to hydrolysis) is 1. The van der Waals surface area contributed by atoms with E-state index in [0.29, 0.717) is 19.7 Å². The molecule has 1 aromatic heterocycles. The van der Waals surface area contributed by atoms with Gasteiger partial charge in [0.25, 0.3) is 0 Å². The van der Waals surface area contributed by atoms with Crippen molar-refractivity contribution >= 4 is 36.0 Å². The summed E-state index contributed by atoms with van der Waals surface area (Å²) in [6.07, 6.45) is 4.90. The summed E-state index contributed by atoms with van der Waals surface area (Å²) < 4.78 is 13.2. The second-order valence-electron chi connectivity index (χ2n) is 9.04. The molecule has 2 heterocycles. The molecule has 1 amide bonds. The second kappa shape index (κ2) is 12.6. The average Bonchev–Trinajstić information content (AvgIpc) is 3.15. The van der Waals surface area contributed by atoms with Crippen molar-refractivity contribution in [2.24, 2.45) is 12.0 Å². The molecule has 0 saturated carbocycles. The number of morpholine rings is 1. The zero-order valence-electron chi connectivity index (χ0n) is 20.6. The van der Waals surface area contributed by atoms with Gasteiger partial charge in [-0.15, -0.1) is 24.0 Å². The predicted octanol–water partition coefficient (Wildman–Crippen LogP) is 3.46. The van der Waals surface area contributed by atoms with Gasteiger partial charge in [0.2, 0.25) is 0 Å². The first-order chi connectivity index (χ1) is 14.6. The fourth-order valence-electron chi connectivity index (χ4n) is 3.51. The van der Waals surface area contributed by atoms with Crippen LogP contribution in [0.2, 0.25) is 0 Å². The number of ether oxygens (including phenoxy) is 2. The van der Waals surface area contributed by atoms with Crippen molar-refractivity contribution in [2.75, 3.05) is 32.8 Å². The summed E-state index contributed by atoms with van der Waals surface area (Å²) in [5.74, 6) is 0.831. The highest BCUT2D eigenvalue weighted by Gasteiger charge is 2.31. The number of nitrogens with one attached hydrogen (secondary N) is 2. The molecule has 0 aromatic carbocycles. The van der Waals surface area contributed by atoms with Gasteiger partial charge in [-0.25, -0.2) is 4.79 Å². The van der Waals surface area contributed by atoms with Gasteiger partial charge in [-0.1, -0.05) is 13.8 Å². The topological polar surface area (TPSA) is 93.0 Å². The van der Waals surface area contributed by atoms with Crippen molar-refractivity contribution < 1.29 is 14.3 Å². The van der Waals surface area contributed by atoms with Gasteiger partial charge in [-0.2, -0.15) is 5.10 Å². The number of carbonyl (C=O) groups is 1. The van der Waals surface area contributed by atoms with Crippen LogP contribution >= 0.6 is 24.0 Å². The summed E-state index contributed by atoms with van der Waals surface area (Å²) in [4.78, 5) is 19.6. The fourth-order valence-corrected chi connectivity index (χ4v) is 3.51. The Morgan fingerprint density at radius 3 is 2.53 bits per heavy atom. The van der Waals surface area contributed by atoms with E-state index >= 15 is 0 Å². The number of halogens is 1. The molecule has 0 aliphatic carbocycles. The molecule has 0 spiro atoms. The molecule has 0 bridgehead atoms. The number of aliphatic imine (C=N–C) groups is 1. The van der Waals surface area contributed by atoms with Crippen molar-refractivity contribution in [1.82, 2.24) is 25.3 Å². The third-order valence-corrected chi connectivity index (χ3v) is 5.45. The van der Waals surface area contributed by atoms with E-state index in [1.54, 1.807) is 4.68 Å². The minimum atomic E-state index is -0.537. The standard InChI is InChI=1S/C22H40N6O3.HI/c1-8-22(9-2,26-20(29)31-21(4,5)6)16-24-19(23-10-3)28-11-12-30-18(15-28)17-13-25-27(7)14-17;/h13-14,18H,8-12,15-16H2,1-7H3,(H,23,24)(H,26,29);1H. The molecule has 32 heavy (non-hydrogen) atoms. The number of rotatable bonds is 7. The third-order valence-electron chi connectivity index (χ3n) is 5.45. The van der Waals surface area contributed by atoms with Crippen LogP contribution in [-0.2, 0) is 16.5 Å². The van der Waals surface area contributed by atoms with Crippen LogP contribution in [0, 0.1) is 0 Å². The fraction of sp³-hybridized carbons (Fsp3) is 0.773. The van der Waals surface area contributed by atoms with Crippen molar-refractivity contribution in [1.29, 1.82) is 0 Å². The highest BCUT2D eigenvalue weighted by molar-refractivity contribution is 14.0. The number of aromatic nitrogens is 2. The van der Waals surface area contributed by atoms with Gasteiger partial charge in [0, 0.05) is 31.9 Å². The number of nitrogens with zero attached hydrogens (tertiary/aromatic N) is 4. The predicted molar refractivity (Wildman–Crippen MR) is 138 cm³/mol. The molecular weight excluding hydrogens is 523 g/mol. The average molecular weight is 565 g/mol. The van der Waals surface area contributed by atoms with Crippen molar-refractivity contribution in [3.8, 4) is 0 Å². The molecule has 10 heteroatoms. The second-order valence-corrected chi connectivity index (χ2v) is 9.04. The Morgan fingerprint density at radius 2 is 2.00 bits per heavy atom. The van der Waals surface area contributed by atoms with Gasteiger partial charge in [0.1, 0.15) is 11.7 Å². The molecule has 1 saturated heterocycles. The Labute approximate surface area is 209 Å². The molecule has 1 aliphatic heterocycles. The summed E-state index contributed by atoms with van der Waals surface area (Å²) >= 11 is 0. The van der Waals surface area contributed by atoms with E-state index in [1.807, 2.05) is 40.2 Å². The SMILES string of the molecule is CCNC(=NCC(CC)(CC)NC(=O)OC(C)(C)C)N1CCOC(c2cnn(C)c2)C1.I. The van der Waals surface area contributed by atoms with Crippen LogP contribution in [0.25, 0.3) is 0 Å². The van der Waals surface area contributed by atoms with Crippen molar-refractivity contribution in [3.05, 3.63) is 18.0 Å². The minimum Gasteiger partial charge on any atom is -0.444 e. The molecule has 1 aromatic rings. The number of guanidine groups is 1. The van der Waals surface area contributed by atoms with Crippen LogP contribution < -0.4 is 10.6 Å². The first-order valence-corrected chi connectivity index (χ1v) is 11.3. The molecule has 0 radical (unpaired) electrons. The molecule has 2 N–H and O–H groups in total. The van der Waals surface area contributed by atoms with Crippen LogP contribution in [0.3, 0.4) is 0 Å². The van der Waals surface area contributed by atoms with E-state index in [4.69, 9.17) is 14.5 Å². The molecule has 2 rings (SSSR count). The first-order valence-electron chi connectivity index (χ1n) is 11.3. The van der Waals surface area contributed by atoms with Gasteiger partial charge in [0.05, 0.1) is 31.4 Å². The number of carbonyl (C=O) groups excluding carboxylic acids is 1. The smallest absolute Gasteiger partial charge is 0.408 e. The maximum absolute atomic E-state index is 12.4. The largest absolute Gasteiger partial charge is 0.444 e. The lowest BCUT2D eigenvalue weighted by Gasteiger charge is -2.36. The Kier molecular flexibility index (Phi) is 11.2. The van der Waals surface area contributed by atoms with Gasteiger partial charge in [-0.3, -0.25) is 9.67 Å². The number of aryl methyl sites for hydroxylation is 1. The molecular formula is C22H41IN6O3. The van der Waals surface area contributed by atoms with Crippen LogP contribution in [0.4, 0.5) is 4.79 Å². The normalized spacial score (nSPS) is 17.5. The maximum atomic E-state index is 12.4. The van der Waals surface area contributed by atoms with Crippen LogP contribution in [-0.4, -0.2) is 70.7 Å². The lowest BCUT2D eigenvalue weighted by atomic mass is 9.93. The Morgan fingerprint density at radius 1 is 1.31 bits per heavy atom. The number of amides is 1. The van der Waals surface area contributed by atoms with E-state index in [1.165, 1.54) is 0 Å². The van der Waals surface area contributed by atoms with Gasteiger partial charge < -0.3 is 25.0 Å². The highest BCUT2D eigenvalue weighted by atomic mass is 127. The molecule has 184 valence electrons. The number of hydrogen-bond acceptors (Lipinski definition) is 5. The summed E-state index contributed by atoms with van der Waals surface area (Å²) in [5.41, 5.74) is 0.0638. The van der Waals surface area contributed by atoms with E-state index in [0.717, 1.165) is 37.5 Å². The summed E-state index contributed by atoms with van der Waals surface area (Å²) in [6.45, 7) is 15.1. The molecule has 1 fully saturated rings. The zero-order valence-corrected chi connectivity index (χ0v) is 22.9. The van der Waals surface area contributed by atoms with Gasteiger partial charge in [0.15, 0.2) is 5.96 Å². The van der Waals surface area contributed by atoms with Crippen LogP contribution in [0.15, 0.2) is 17.4 Å². The zero-order chi connectivity index (χ0) is 23.1. The number of hydrogen-bond donors (Lipinski definition) is 2. The van der Waals surface area contributed by atoms with Gasteiger partial charge in [-0.05, 0) is 40.5 Å².